The van der Waals surface area contributed by atoms with Crippen molar-refractivity contribution in [3.8, 4) is 0 Å². The Kier molecular flexibility index (Phi) is 4.34. The number of aryl methyl sites for hydroxylation is 2. The van der Waals surface area contributed by atoms with Gasteiger partial charge in [0, 0.05) is 17.1 Å². The highest BCUT2D eigenvalue weighted by molar-refractivity contribution is 8.01. The van der Waals surface area contributed by atoms with Crippen molar-refractivity contribution in [3.05, 3.63) is 26.6 Å². The molecule has 0 aliphatic carbocycles. The maximum atomic E-state index is 12.7. The quantitative estimate of drug-likeness (QED) is 0.787. The molecule has 4 rings (SSSR count). The molecule has 4 heterocycles. The van der Waals surface area contributed by atoms with Gasteiger partial charge >= 0.3 is 5.97 Å². The van der Waals surface area contributed by atoms with Gasteiger partial charge in [-0.15, -0.1) is 23.1 Å². The minimum Gasteiger partial charge on any atom is -0.453 e. The van der Waals surface area contributed by atoms with E-state index >= 15 is 0 Å². The second kappa shape index (κ2) is 6.34. The molecule has 2 aliphatic rings. The molecule has 1 N–H and O–H groups in total. The fourth-order valence-electron chi connectivity index (χ4n) is 3.77. The second-order valence-corrected chi connectivity index (χ2v) is 9.96. The maximum Gasteiger partial charge on any atom is 0.330 e. The van der Waals surface area contributed by atoms with E-state index in [1.54, 1.807) is 23.6 Å². The molecule has 2 fully saturated rings. The Morgan fingerprint density at radius 2 is 2.15 bits per heavy atom. The molecule has 2 saturated heterocycles. The van der Waals surface area contributed by atoms with Crippen LogP contribution in [0, 0.1) is 13.8 Å². The van der Waals surface area contributed by atoms with E-state index in [4.69, 9.17) is 4.74 Å². The number of carbonyl (C=O) groups excluding carboxylic acids is 2. The summed E-state index contributed by atoms with van der Waals surface area (Å²) in [6.45, 7) is 7.53. The fourth-order valence-corrected chi connectivity index (χ4v) is 6.22. The second-order valence-electron chi connectivity index (χ2n) is 7.26. The molecule has 3 atom stereocenters. The van der Waals surface area contributed by atoms with Crippen molar-refractivity contribution < 1.29 is 14.3 Å². The monoisotopic (exact) mass is 407 g/mol. The molecule has 0 saturated carbocycles. The van der Waals surface area contributed by atoms with E-state index in [0.29, 0.717) is 28.2 Å². The molecule has 0 aromatic carbocycles. The molecule has 27 heavy (non-hydrogen) atoms. The van der Waals surface area contributed by atoms with E-state index in [1.165, 1.54) is 11.3 Å². The molecule has 9 heteroatoms. The number of nitrogens with one attached hydrogen (secondary N) is 1. The van der Waals surface area contributed by atoms with Crippen molar-refractivity contribution in [3.63, 3.8) is 0 Å². The molecular weight excluding hydrogens is 386 g/mol. The lowest BCUT2D eigenvalue weighted by molar-refractivity contribution is -0.158. The van der Waals surface area contributed by atoms with Crippen LogP contribution in [0.1, 0.15) is 49.1 Å². The van der Waals surface area contributed by atoms with Gasteiger partial charge in [-0.3, -0.25) is 9.59 Å². The minimum atomic E-state index is -0.702. The van der Waals surface area contributed by atoms with E-state index in [2.05, 4.69) is 9.97 Å². The number of hydrogen-bond acceptors (Lipinski definition) is 7. The van der Waals surface area contributed by atoms with E-state index < -0.39 is 18.1 Å². The van der Waals surface area contributed by atoms with Gasteiger partial charge in [-0.25, -0.2) is 9.78 Å². The smallest absolute Gasteiger partial charge is 0.330 e. The van der Waals surface area contributed by atoms with Crippen LogP contribution in [0.25, 0.3) is 10.2 Å². The Bertz CT molecular complexity index is 1010. The summed E-state index contributed by atoms with van der Waals surface area (Å²) in [5.41, 5.74) is 0.702. The summed E-state index contributed by atoms with van der Waals surface area (Å²) in [6, 6.07) is -0.584. The van der Waals surface area contributed by atoms with E-state index in [1.807, 2.05) is 20.8 Å². The molecule has 0 spiro atoms. The number of aromatic nitrogens is 2. The fraction of sp³-hybridized carbons (Fsp3) is 0.556. The molecule has 2 aromatic heterocycles. The molecule has 1 amide bonds. The zero-order valence-corrected chi connectivity index (χ0v) is 17.3. The van der Waals surface area contributed by atoms with Crippen molar-refractivity contribution in [2.24, 2.45) is 0 Å². The number of ether oxygens (including phenoxy) is 1. The highest BCUT2D eigenvalue weighted by Gasteiger charge is 2.53. The SMILES string of the molecule is Cc1sc2nc([C@@H](C)OC(=O)[C@@H]3CS[C@@]4(C)CCC(=O)N34)[nH]c(=O)c2c1C. The number of esters is 1. The maximum absolute atomic E-state index is 12.7. The predicted molar refractivity (Wildman–Crippen MR) is 105 cm³/mol. The zero-order valence-electron chi connectivity index (χ0n) is 15.6. The number of nitrogens with zero attached hydrogens (tertiary/aromatic N) is 2. The first-order chi connectivity index (χ1) is 12.7. The summed E-state index contributed by atoms with van der Waals surface area (Å²) in [6.07, 6.45) is 0.510. The highest BCUT2D eigenvalue weighted by atomic mass is 32.2. The summed E-state index contributed by atoms with van der Waals surface area (Å²) in [5, 5.41) is 0.588. The summed E-state index contributed by atoms with van der Waals surface area (Å²) < 4.78 is 5.59. The van der Waals surface area contributed by atoms with Crippen molar-refractivity contribution in [1.82, 2.24) is 14.9 Å². The van der Waals surface area contributed by atoms with Gasteiger partial charge in [0.05, 0.1) is 10.3 Å². The van der Waals surface area contributed by atoms with Gasteiger partial charge in [-0.05, 0) is 39.7 Å². The minimum absolute atomic E-state index is 0.00501. The van der Waals surface area contributed by atoms with Crippen LogP contribution >= 0.6 is 23.1 Å². The average molecular weight is 408 g/mol. The zero-order chi connectivity index (χ0) is 19.5. The Balaban J connectivity index is 1.57. The van der Waals surface area contributed by atoms with Crippen molar-refractivity contribution in [2.45, 2.75) is 57.6 Å². The number of H-pyrrole nitrogens is 1. The molecule has 0 bridgehead atoms. The molecular formula is C18H21N3O4S2. The van der Waals surface area contributed by atoms with Crippen molar-refractivity contribution in [2.75, 3.05) is 5.75 Å². The van der Waals surface area contributed by atoms with Crippen LogP contribution in [-0.2, 0) is 14.3 Å². The molecule has 2 aromatic rings. The van der Waals surface area contributed by atoms with Crippen LogP contribution in [0.5, 0.6) is 0 Å². The van der Waals surface area contributed by atoms with Crippen LogP contribution in [0.2, 0.25) is 0 Å². The molecule has 7 nitrogen and oxygen atoms in total. The van der Waals surface area contributed by atoms with E-state index in [-0.39, 0.29) is 16.3 Å². The molecule has 0 unspecified atom stereocenters. The van der Waals surface area contributed by atoms with Gasteiger partial charge in [0.25, 0.3) is 5.56 Å². The van der Waals surface area contributed by atoms with Gasteiger partial charge in [0.1, 0.15) is 10.9 Å². The highest BCUT2D eigenvalue weighted by Crippen LogP contribution is 2.47. The molecule has 144 valence electrons. The van der Waals surface area contributed by atoms with Crippen molar-refractivity contribution >= 4 is 45.2 Å². The number of thioether (sulfide) groups is 1. The number of fused-ring (bicyclic) bond motifs is 2. The Morgan fingerprint density at radius 1 is 1.41 bits per heavy atom. The Hall–Kier alpha value is -1.87. The standard InChI is InChI=1S/C18H21N3O4S2/c1-8-10(3)27-16-13(8)15(23)19-14(20-16)9(2)25-17(24)11-7-26-18(4)6-5-12(22)21(11)18/h9,11H,5-7H2,1-4H3,(H,19,20,23)/t9-,11+,18+/m1/s1. The molecule has 2 aliphatic heterocycles. The van der Waals surface area contributed by atoms with Gasteiger partial charge in [-0.1, -0.05) is 0 Å². The summed E-state index contributed by atoms with van der Waals surface area (Å²) in [7, 11) is 0. The van der Waals surface area contributed by atoms with Gasteiger partial charge in [0.2, 0.25) is 5.91 Å². The first-order valence-electron chi connectivity index (χ1n) is 8.88. The summed E-state index contributed by atoms with van der Waals surface area (Å²) >= 11 is 3.07. The van der Waals surface area contributed by atoms with Gasteiger partial charge in [0.15, 0.2) is 11.9 Å². The third kappa shape index (κ3) is 2.87. The third-order valence-corrected chi connectivity index (χ3v) is 8.06. The predicted octanol–water partition coefficient (Wildman–Crippen LogP) is 2.66. The Morgan fingerprint density at radius 3 is 2.89 bits per heavy atom. The first kappa shape index (κ1) is 18.5. The Labute approximate surface area is 164 Å². The lowest BCUT2D eigenvalue weighted by Crippen LogP contribution is -2.46. The first-order valence-corrected chi connectivity index (χ1v) is 10.7. The molecule has 0 radical (unpaired) electrons. The van der Waals surface area contributed by atoms with Gasteiger partial charge in [-0.2, -0.15) is 0 Å². The van der Waals surface area contributed by atoms with Crippen LogP contribution in [0.4, 0.5) is 0 Å². The summed E-state index contributed by atoms with van der Waals surface area (Å²) in [5.74, 6) is 0.396. The lowest BCUT2D eigenvalue weighted by Gasteiger charge is -2.29. The number of amides is 1. The lowest BCUT2D eigenvalue weighted by atomic mass is 10.2. The average Bonchev–Trinajstić information content (AvgIpc) is 3.20. The number of thiophene rings is 1. The van der Waals surface area contributed by atoms with Crippen molar-refractivity contribution in [1.29, 1.82) is 0 Å². The van der Waals surface area contributed by atoms with Crippen LogP contribution in [-0.4, -0.2) is 43.4 Å². The van der Waals surface area contributed by atoms with Gasteiger partial charge < -0.3 is 14.6 Å². The number of aromatic amines is 1. The van der Waals surface area contributed by atoms with Crippen LogP contribution in [0.15, 0.2) is 4.79 Å². The van der Waals surface area contributed by atoms with E-state index in [0.717, 1.165) is 16.9 Å². The summed E-state index contributed by atoms with van der Waals surface area (Å²) in [4.78, 5) is 47.6. The number of hydrogen-bond donors (Lipinski definition) is 1. The van der Waals surface area contributed by atoms with E-state index in [9.17, 15) is 14.4 Å². The topological polar surface area (TPSA) is 92.4 Å². The number of rotatable bonds is 3. The number of carbonyl (C=O) groups is 2. The normalized spacial score (nSPS) is 25.9. The van der Waals surface area contributed by atoms with Crippen LogP contribution < -0.4 is 5.56 Å². The third-order valence-electron chi connectivity index (χ3n) is 5.45. The van der Waals surface area contributed by atoms with Crippen LogP contribution in [0.3, 0.4) is 0 Å². The largest absolute Gasteiger partial charge is 0.453 e.